The first-order valence-electron chi connectivity index (χ1n) is 8.05. The van der Waals surface area contributed by atoms with Crippen LogP contribution in [0.15, 0.2) is 45.0 Å². The molecule has 0 saturated heterocycles. The number of unbranched alkanes of at least 4 members (excludes halogenated alkanes) is 1. The van der Waals surface area contributed by atoms with E-state index in [1.165, 1.54) is 31.4 Å². The molecule has 0 amide bonds. The Bertz CT molecular complexity index is 523. The van der Waals surface area contributed by atoms with Crippen molar-refractivity contribution in [1.29, 1.82) is 0 Å². The van der Waals surface area contributed by atoms with Crippen molar-refractivity contribution >= 4 is 19.8 Å². The molecule has 2 aliphatic carbocycles. The SMILES string of the molecule is CCCCSC1([Si](C)(C)C2=[C]([Ti+2])CC=C2)CC=CC=C1C.[Cl-].[Cl-]. The number of allylic oxidation sites excluding steroid dienone is 7. The Morgan fingerprint density at radius 2 is 1.96 bits per heavy atom. The van der Waals surface area contributed by atoms with Crippen molar-refractivity contribution in [2.75, 3.05) is 5.75 Å². The molecule has 127 valence electrons. The van der Waals surface area contributed by atoms with Gasteiger partial charge in [-0.05, 0) is 0 Å². The Kier molecular flexibility index (Phi) is 10.4. The first-order chi connectivity index (χ1) is 9.95. The monoisotopic (exact) mass is 421 g/mol. The Labute approximate surface area is 172 Å². The molecule has 2 aliphatic rings. The van der Waals surface area contributed by atoms with Crippen molar-refractivity contribution in [3.05, 3.63) is 45.0 Å². The molecule has 0 nitrogen and oxygen atoms in total. The maximum absolute atomic E-state index is 2.59. The second-order valence-electron chi connectivity index (χ2n) is 6.63. The summed E-state index contributed by atoms with van der Waals surface area (Å²) in [6, 6.07) is 0. The van der Waals surface area contributed by atoms with Gasteiger partial charge in [0.15, 0.2) is 0 Å². The van der Waals surface area contributed by atoms with Crippen LogP contribution < -0.4 is 24.8 Å². The summed E-state index contributed by atoms with van der Waals surface area (Å²) >= 11 is 4.59. The first-order valence-corrected chi connectivity index (χ1v) is 12.8. The van der Waals surface area contributed by atoms with E-state index in [9.17, 15) is 0 Å². The largest absolute Gasteiger partial charge is 1.00 e. The van der Waals surface area contributed by atoms with Crippen LogP contribution in [-0.2, 0) is 20.4 Å². The maximum Gasteiger partial charge on any atom is -1.00 e. The van der Waals surface area contributed by atoms with Gasteiger partial charge in [-0.15, -0.1) is 0 Å². The molecule has 0 fully saturated rings. The van der Waals surface area contributed by atoms with E-state index in [2.05, 4.69) is 89.5 Å². The Balaban J connectivity index is 0.00000242. The summed E-state index contributed by atoms with van der Waals surface area (Å²) in [6.07, 6.45) is 16.8. The molecule has 0 aliphatic heterocycles. The molecule has 5 heteroatoms. The Hall–Kier alpha value is 0.821. The van der Waals surface area contributed by atoms with E-state index in [1.54, 1.807) is 14.6 Å². The van der Waals surface area contributed by atoms with E-state index in [0.717, 1.165) is 0 Å². The molecule has 0 bridgehead atoms. The van der Waals surface area contributed by atoms with Gasteiger partial charge in [0.2, 0.25) is 0 Å². The third kappa shape index (κ3) is 4.71. The van der Waals surface area contributed by atoms with E-state index in [0.29, 0.717) is 4.37 Å². The van der Waals surface area contributed by atoms with Crippen LogP contribution in [0, 0.1) is 0 Å². The fourth-order valence-corrected chi connectivity index (χ4v) is 12.2. The topological polar surface area (TPSA) is 0 Å². The average Bonchev–Trinajstić information content (AvgIpc) is 2.88. The van der Waals surface area contributed by atoms with Gasteiger partial charge in [-0.2, -0.15) is 0 Å². The predicted octanol–water partition coefficient (Wildman–Crippen LogP) is -0.280. The minimum Gasteiger partial charge on any atom is -1.00 e. The Morgan fingerprint density at radius 3 is 2.48 bits per heavy atom. The van der Waals surface area contributed by atoms with Crippen LogP contribution in [0.25, 0.3) is 0 Å². The summed E-state index contributed by atoms with van der Waals surface area (Å²) in [5, 5.41) is 1.70. The van der Waals surface area contributed by atoms with Crippen molar-refractivity contribution in [3.63, 3.8) is 0 Å². The second kappa shape index (κ2) is 10.1. The molecule has 0 spiro atoms. The molecule has 0 heterocycles. The zero-order valence-electron chi connectivity index (χ0n) is 14.6. The maximum atomic E-state index is 2.59. The van der Waals surface area contributed by atoms with Gasteiger partial charge < -0.3 is 24.8 Å². The van der Waals surface area contributed by atoms with Crippen molar-refractivity contribution in [2.24, 2.45) is 0 Å². The van der Waals surface area contributed by atoms with E-state index < -0.39 is 8.07 Å². The quantitative estimate of drug-likeness (QED) is 0.419. The van der Waals surface area contributed by atoms with Gasteiger partial charge in [-0.25, -0.2) is 0 Å². The van der Waals surface area contributed by atoms with Crippen molar-refractivity contribution < 1.29 is 45.2 Å². The molecule has 23 heavy (non-hydrogen) atoms. The van der Waals surface area contributed by atoms with Gasteiger partial charge in [0.05, 0.1) is 0 Å². The third-order valence-corrected chi connectivity index (χ3v) is 14.0. The van der Waals surface area contributed by atoms with E-state index in [4.69, 9.17) is 0 Å². The third-order valence-electron chi connectivity index (χ3n) is 4.99. The van der Waals surface area contributed by atoms with Crippen molar-refractivity contribution in [2.45, 2.75) is 57.0 Å². The van der Waals surface area contributed by atoms with Gasteiger partial charge in [0, 0.05) is 0 Å². The summed E-state index contributed by atoms with van der Waals surface area (Å²) in [5.74, 6) is 1.29. The molecule has 0 radical (unpaired) electrons. The zero-order chi connectivity index (χ0) is 15.5. The standard InChI is InChI=1S/C18H27SSi.2ClH.Ti/c1-5-6-15-19-18(14-10-9-11-16(18)2)20(3,4)17-12-7-8-13-17;;;/h7,9-12H,5-6,8,14-15H2,1-4H3;2*1H;/q;;;+2/p-2. The van der Waals surface area contributed by atoms with Crippen LogP contribution in [0.2, 0.25) is 13.1 Å². The second-order valence-corrected chi connectivity index (χ2v) is 14.0. The first kappa shape index (κ1) is 23.8. The average molecular weight is 422 g/mol. The molecule has 0 aromatic carbocycles. The number of halogens is 2. The molecule has 2 rings (SSSR count). The molecule has 1 atom stereocenters. The summed E-state index contributed by atoms with van der Waals surface area (Å²) in [6.45, 7) is 9.85. The molecule has 0 aromatic heterocycles. The van der Waals surface area contributed by atoms with Crippen LogP contribution in [-0.4, -0.2) is 18.2 Å². The molecule has 1 unspecified atom stereocenters. The summed E-state index contributed by atoms with van der Waals surface area (Å²) in [5.41, 5.74) is 1.60. The normalized spacial score (nSPS) is 23.5. The van der Waals surface area contributed by atoms with Crippen LogP contribution in [0.3, 0.4) is 0 Å². The van der Waals surface area contributed by atoms with Crippen LogP contribution in [0.5, 0.6) is 0 Å². The van der Waals surface area contributed by atoms with Crippen LogP contribution in [0.4, 0.5) is 0 Å². The molecular formula is C18H27Cl2SSiTi. The fraction of sp³-hybridized carbons (Fsp3) is 0.556. The molecule has 0 aromatic rings. The predicted molar refractivity (Wildman–Crippen MR) is 95.9 cm³/mol. The van der Waals surface area contributed by atoms with Gasteiger partial charge in [0.1, 0.15) is 0 Å². The molecule has 0 N–H and O–H groups in total. The smallest absolute Gasteiger partial charge is 1.00 e. The van der Waals surface area contributed by atoms with Crippen molar-refractivity contribution in [3.8, 4) is 0 Å². The van der Waals surface area contributed by atoms with Crippen molar-refractivity contribution in [1.82, 2.24) is 0 Å². The van der Waals surface area contributed by atoms with Crippen LogP contribution in [0.1, 0.15) is 39.5 Å². The number of thioether (sulfide) groups is 1. The van der Waals surface area contributed by atoms with Gasteiger partial charge in [-0.1, -0.05) is 0 Å². The van der Waals surface area contributed by atoms with Gasteiger partial charge >= 0.3 is 148 Å². The Morgan fingerprint density at radius 1 is 1.26 bits per heavy atom. The minimum absolute atomic E-state index is 0. The van der Waals surface area contributed by atoms with E-state index >= 15 is 0 Å². The van der Waals surface area contributed by atoms with Gasteiger partial charge in [-0.3, -0.25) is 0 Å². The summed E-state index contributed by atoms with van der Waals surface area (Å²) in [4.78, 5) is 0. The minimum atomic E-state index is -1.56. The summed E-state index contributed by atoms with van der Waals surface area (Å²) in [7, 11) is -1.56. The van der Waals surface area contributed by atoms with Gasteiger partial charge in [0.25, 0.3) is 0 Å². The number of hydrogen-bond donors (Lipinski definition) is 0. The van der Waals surface area contributed by atoms with Crippen LogP contribution >= 0.6 is 11.8 Å². The zero-order valence-corrected chi connectivity index (χ0v) is 19.5. The molecule has 0 saturated carbocycles. The molecular weight excluding hydrogens is 395 g/mol. The van der Waals surface area contributed by atoms with E-state index in [1.807, 2.05) is 0 Å². The summed E-state index contributed by atoms with van der Waals surface area (Å²) < 4.78 is 1.96. The fourth-order valence-electron chi connectivity index (χ4n) is 3.54. The van der Waals surface area contributed by atoms with E-state index in [-0.39, 0.29) is 24.8 Å². The number of hydrogen-bond acceptors (Lipinski definition) is 1. The number of rotatable bonds is 6.